The van der Waals surface area contributed by atoms with Crippen molar-refractivity contribution in [2.75, 3.05) is 0 Å². The highest BCUT2D eigenvalue weighted by Crippen LogP contribution is 2.61. The third kappa shape index (κ3) is 2.48. The average molecular weight is 363 g/mol. The van der Waals surface area contributed by atoms with Crippen LogP contribution in [0.5, 0.6) is 5.75 Å². The van der Waals surface area contributed by atoms with Gasteiger partial charge >= 0.3 is 0 Å². The Morgan fingerprint density at radius 2 is 1.63 bits per heavy atom. The Morgan fingerprint density at radius 1 is 0.963 bits per heavy atom. The van der Waals surface area contributed by atoms with Crippen molar-refractivity contribution in [2.24, 2.45) is 23.2 Å². The number of ether oxygens (including phenoxy) is 1. The third-order valence-electron chi connectivity index (χ3n) is 8.26. The van der Waals surface area contributed by atoms with Crippen LogP contribution in [0.25, 0.3) is 0 Å². The molecule has 0 amide bonds. The molecule has 4 saturated carbocycles. The number of fused-ring (bicyclic) bond motifs is 1. The van der Waals surface area contributed by atoms with Crippen molar-refractivity contribution >= 4 is 5.78 Å². The van der Waals surface area contributed by atoms with Crippen molar-refractivity contribution in [3.8, 4) is 5.75 Å². The van der Waals surface area contributed by atoms with Gasteiger partial charge in [-0.05, 0) is 84.3 Å². The SMILES string of the molecule is CC1(C)CC(=O)C2=C(C1)Oc1ccc(C34CC5CC(CC(C5)C3)C4)cc1C2. The molecule has 142 valence electrons. The van der Waals surface area contributed by atoms with Crippen LogP contribution in [0.15, 0.2) is 29.5 Å². The van der Waals surface area contributed by atoms with Gasteiger partial charge in [-0.1, -0.05) is 26.0 Å². The van der Waals surface area contributed by atoms with Crippen molar-refractivity contribution in [1.82, 2.24) is 0 Å². The first-order valence-corrected chi connectivity index (χ1v) is 11.0. The van der Waals surface area contributed by atoms with Gasteiger partial charge in [0.15, 0.2) is 5.78 Å². The summed E-state index contributed by atoms with van der Waals surface area (Å²) in [6.07, 6.45) is 10.9. The molecule has 5 aliphatic carbocycles. The highest BCUT2D eigenvalue weighted by atomic mass is 16.5. The van der Waals surface area contributed by atoms with Crippen LogP contribution >= 0.6 is 0 Å². The van der Waals surface area contributed by atoms with Gasteiger partial charge < -0.3 is 4.74 Å². The molecule has 0 N–H and O–H groups in total. The van der Waals surface area contributed by atoms with Gasteiger partial charge in [0.1, 0.15) is 11.5 Å². The lowest BCUT2D eigenvalue weighted by atomic mass is 9.48. The topological polar surface area (TPSA) is 26.3 Å². The fourth-order valence-corrected chi connectivity index (χ4v) is 7.53. The highest BCUT2D eigenvalue weighted by Gasteiger charge is 2.51. The predicted octanol–water partition coefficient (Wildman–Crippen LogP) is 5.73. The molecule has 1 aromatic rings. The van der Waals surface area contributed by atoms with Crippen LogP contribution < -0.4 is 4.74 Å². The number of hydrogen-bond acceptors (Lipinski definition) is 2. The molecule has 1 aliphatic heterocycles. The lowest BCUT2D eigenvalue weighted by molar-refractivity contribution is -0.118. The van der Waals surface area contributed by atoms with Crippen LogP contribution in [0.2, 0.25) is 0 Å². The Bertz CT molecular complexity index is 837. The summed E-state index contributed by atoms with van der Waals surface area (Å²) in [6, 6.07) is 6.98. The first-order valence-electron chi connectivity index (χ1n) is 11.0. The van der Waals surface area contributed by atoms with Crippen molar-refractivity contribution < 1.29 is 9.53 Å². The second-order valence-electron chi connectivity index (χ2n) is 11.1. The zero-order chi connectivity index (χ0) is 18.4. The fraction of sp³-hybridized carbons (Fsp3) is 0.640. The van der Waals surface area contributed by atoms with Crippen molar-refractivity contribution in [2.45, 2.75) is 77.0 Å². The van der Waals surface area contributed by atoms with E-state index in [0.717, 1.165) is 47.7 Å². The monoisotopic (exact) mass is 362 g/mol. The number of rotatable bonds is 1. The number of ketones is 1. The number of allylic oxidation sites excluding steroid dienone is 2. The predicted molar refractivity (Wildman–Crippen MR) is 106 cm³/mol. The summed E-state index contributed by atoms with van der Waals surface area (Å²) in [6.45, 7) is 4.34. The molecule has 4 bridgehead atoms. The van der Waals surface area contributed by atoms with Gasteiger partial charge in [0, 0.05) is 24.8 Å². The highest BCUT2D eigenvalue weighted by molar-refractivity contribution is 5.98. The molecule has 7 rings (SSSR count). The molecule has 0 unspecified atom stereocenters. The molecule has 4 fully saturated rings. The van der Waals surface area contributed by atoms with Gasteiger partial charge in [-0.3, -0.25) is 4.79 Å². The van der Waals surface area contributed by atoms with E-state index in [0.29, 0.717) is 17.6 Å². The van der Waals surface area contributed by atoms with Gasteiger partial charge in [-0.2, -0.15) is 0 Å². The van der Waals surface area contributed by atoms with E-state index in [1.54, 1.807) is 0 Å². The van der Waals surface area contributed by atoms with E-state index in [1.165, 1.54) is 49.7 Å². The van der Waals surface area contributed by atoms with Crippen LogP contribution in [-0.4, -0.2) is 5.78 Å². The molecule has 27 heavy (non-hydrogen) atoms. The van der Waals surface area contributed by atoms with E-state index in [2.05, 4.69) is 32.0 Å². The second kappa shape index (κ2) is 5.27. The fourth-order valence-electron chi connectivity index (χ4n) is 7.53. The maximum atomic E-state index is 12.7. The van der Waals surface area contributed by atoms with Crippen LogP contribution in [0.3, 0.4) is 0 Å². The molecule has 0 atom stereocenters. The second-order valence-corrected chi connectivity index (χ2v) is 11.1. The standard InChI is InChI=1S/C25H30O2/c1-24(2)13-21(26)20-9-18-8-19(3-4-22(18)27-23(20)14-24)25-10-15-5-16(11-25)7-17(6-15)12-25/h3-4,8,15-17H,5-7,9-14H2,1-2H3. The van der Waals surface area contributed by atoms with E-state index in [9.17, 15) is 4.79 Å². The van der Waals surface area contributed by atoms with Gasteiger partial charge in [0.2, 0.25) is 0 Å². The van der Waals surface area contributed by atoms with Crippen molar-refractivity contribution in [3.63, 3.8) is 0 Å². The van der Waals surface area contributed by atoms with Crippen LogP contribution in [-0.2, 0) is 16.6 Å². The molecule has 0 aromatic heterocycles. The Kier molecular flexibility index (Phi) is 3.20. The summed E-state index contributed by atoms with van der Waals surface area (Å²) in [5.74, 6) is 5.10. The van der Waals surface area contributed by atoms with Crippen LogP contribution in [0.1, 0.15) is 76.3 Å². The van der Waals surface area contributed by atoms with Crippen LogP contribution in [0, 0.1) is 23.2 Å². The molecule has 1 heterocycles. The number of carbonyl (C=O) groups is 1. The minimum absolute atomic E-state index is 0.0204. The number of benzene rings is 1. The molecule has 0 radical (unpaired) electrons. The maximum Gasteiger partial charge on any atom is 0.163 e. The summed E-state index contributed by atoms with van der Waals surface area (Å²) in [7, 11) is 0. The average Bonchev–Trinajstić information content (AvgIpc) is 2.58. The van der Waals surface area contributed by atoms with Crippen molar-refractivity contribution in [3.05, 3.63) is 40.7 Å². The number of carbonyl (C=O) groups excluding carboxylic acids is 1. The zero-order valence-electron chi connectivity index (χ0n) is 16.6. The first kappa shape index (κ1) is 16.4. The first-order chi connectivity index (χ1) is 12.9. The van der Waals surface area contributed by atoms with Crippen molar-refractivity contribution in [1.29, 1.82) is 0 Å². The molecule has 6 aliphatic rings. The van der Waals surface area contributed by atoms with E-state index < -0.39 is 0 Å². The Labute approximate surface area is 162 Å². The minimum Gasteiger partial charge on any atom is -0.461 e. The molecule has 0 saturated heterocycles. The maximum absolute atomic E-state index is 12.7. The molecule has 0 spiro atoms. The quantitative estimate of drug-likeness (QED) is 0.637. The molecular weight excluding hydrogens is 332 g/mol. The van der Waals surface area contributed by atoms with Gasteiger partial charge in [-0.25, -0.2) is 0 Å². The summed E-state index contributed by atoms with van der Waals surface area (Å²) in [5, 5.41) is 0. The third-order valence-corrected chi connectivity index (χ3v) is 8.26. The Hall–Kier alpha value is -1.57. The van der Waals surface area contributed by atoms with E-state index in [-0.39, 0.29) is 5.41 Å². The van der Waals surface area contributed by atoms with E-state index >= 15 is 0 Å². The van der Waals surface area contributed by atoms with Gasteiger partial charge in [0.25, 0.3) is 0 Å². The minimum atomic E-state index is 0.0204. The molecule has 2 nitrogen and oxygen atoms in total. The number of hydrogen-bond donors (Lipinski definition) is 0. The van der Waals surface area contributed by atoms with E-state index in [1.807, 2.05) is 0 Å². The Balaban J connectivity index is 1.35. The molecule has 2 heteroatoms. The lowest BCUT2D eigenvalue weighted by Crippen LogP contribution is -2.48. The zero-order valence-corrected chi connectivity index (χ0v) is 16.6. The lowest BCUT2D eigenvalue weighted by Gasteiger charge is -2.57. The molecular formula is C25H30O2. The smallest absolute Gasteiger partial charge is 0.163 e. The van der Waals surface area contributed by atoms with Crippen LogP contribution in [0.4, 0.5) is 0 Å². The van der Waals surface area contributed by atoms with E-state index in [4.69, 9.17) is 4.74 Å². The Morgan fingerprint density at radius 3 is 2.30 bits per heavy atom. The van der Waals surface area contributed by atoms with Gasteiger partial charge in [-0.15, -0.1) is 0 Å². The number of Topliss-reactive ketones (excluding diaryl/α,β-unsaturated/α-hetero) is 1. The summed E-state index contributed by atoms with van der Waals surface area (Å²) in [4.78, 5) is 12.7. The largest absolute Gasteiger partial charge is 0.461 e. The molecule has 1 aromatic carbocycles. The summed E-state index contributed by atoms with van der Waals surface area (Å²) in [5.41, 5.74) is 4.17. The summed E-state index contributed by atoms with van der Waals surface area (Å²) >= 11 is 0. The summed E-state index contributed by atoms with van der Waals surface area (Å²) < 4.78 is 6.27. The normalized spacial score (nSPS) is 38.4. The van der Waals surface area contributed by atoms with Gasteiger partial charge in [0.05, 0.1) is 0 Å².